The van der Waals surface area contributed by atoms with E-state index in [0.717, 1.165) is 50.4 Å². The molecule has 0 N–H and O–H groups in total. The predicted molar refractivity (Wildman–Crippen MR) is 246 cm³/mol. The van der Waals surface area contributed by atoms with Gasteiger partial charge in [0.05, 0.1) is 13.2 Å². The monoisotopic (exact) mass is 791 g/mol. The molecule has 0 aliphatic carbocycles. The molecule has 0 saturated carbocycles. The first-order valence-corrected chi connectivity index (χ1v) is 25.7. The lowest BCUT2D eigenvalue weighted by atomic mass is 10.0. The Morgan fingerprint density at radius 1 is 0.268 bits per heavy atom. The number of carbonyl (C=O) groups excluding carboxylic acids is 2. The van der Waals surface area contributed by atoms with E-state index in [1.165, 1.54) is 218 Å². The van der Waals surface area contributed by atoms with Gasteiger partial charge >= 0.3 is 11.9 Å². The molecular formula is C52H102O4. The van der Waals surface area contributed by atoms with E-state index in [4.69, 9.17) is 9.47 Å². The van der Waals surface area contributed by atoms with E-state index < -0.39 is 0 Å². The maximum atomic E-state index is 12.0. The Labute approximate surface area is 352 Å². The fraction of sp³-hybridized carbons (Fsp3) is 0.962. The summed E-state index contributed by atoms with van der Waals surface area (Å²) in [6.45, 7) is 10.5. The van der Waals surface area contributed by atoms with Gasteiger partial charge in [-0.3, -0.25) is 9.59 Å². The van der Waals surface area contributed by atoms with Gasteiger partial charge < -0.3 is 9.47 Å². The summed E-state index contributed by atoms with van der Waals surface area (Å²) in [5, 5.41) is 0. The van der Waals surface area contributed by atoms with Gasteiger partial charge in [0.15, 0.2) is 0 Å². The van der Waals surface area contributed by atoms with Crippen molar-refractivity contribution in [1.29, 1.82) is 0 Å². The van der Waals surface area contributed by atoms with Gasteiger partial charge in [0, 0.05) is 12.8 Å². The maximum absolute atomic E-state index is 12.0. The van der Waals surface area contributed by atoms with Crippen LogP contribution in [-0.2, 0) is 19.1 Å². The standard InChI is InChI=1S/C52H102O4/c1-49(2)43-37-31-27-23-19-15-11-7-5-9-13-17-21-25-29-35-41-47-55-51(53)45-39-33-34-40-46-52(54)56-48-42-36-30-26-22-18-14-10-6-8-12-16-20-24-28-32-38-44-50(3)4/h49-50H,5-48H2,1-4H3. The highest BCUT2D eigenvalue weighted by molar-refractivity contribution is 5.69. The quantitative estimate of drug-likeness (QED) is 0.0455. The van der Waals surface area contributed by atoms with E-state index in [1.807, 2.05) is 0 Å². The zero-order valence-corrected chi connectivity index (χ0v) is 38.9. The molecule has 0 radical (unpaired) electrons. The molecule has 334 valence electrons. The third-order valence-electron chi connectivity index (χ3n) is 11.9. The predicted octanol–water partition coefficient (Wildman–Crippen LogP) is 17.8. The van der Waals surface area contributed by atoms with Crippen molar-refractivity contribution in [2.45, 2.75) is 297 Å². The molecule has 0 unspecified atom stereocenters. The molecule has 0 aliphatic rings. The molecule has 0 spiro atoms. The van der Waals surface area contributed by atoms with E-state index in [0.29, 0.717) is 26.1 Å². The number of unbranched alkanes of at least 4 members (excludes halogenated alkanes) is 35. The topological polar surface area (TPSA) is 52.6 Å². The summed E-state index contributed by atoms with van der Waals surface area (Å²) < 4.78 is 10.9. The summed E-state index contributed by atoms with van der Waals surface area (Å²) >= 11 is 0. The number of hydrogen-bond acceptors (Lipinski definition) is 4. The highest BCUT2D eigenvalue weighted by Gasteiger charge is 2.06. The van der Waals surface area contributed by atoms with Crippen LogP contribution in [0.5, 0.6) is 0 Å². The summed E-state index contributed by atoms with van der Waals surface area (Å²) in [4.78, 5) is 24.1. The zero-order chi connectivity index (χ0) is 40.8. The Bertz CT molecular complexity index is 713. The van der Waals surface area contributed by atoms with Gasteiger partial charge in [0.1, 0.15) is 0 Å². The third-order valence-corrected chi connectivity index (χ3v) is 11.9. The van der Waals surface area contributed by atoms with E-state index in [1.54, 1.807) is 0 Å². The minimum Gasteiger partial charge on any atom is -0.466 e. The number of carbonyl (C=O) groups is 2. The number of ether oxygens (including phenoxy) is 2. The lowest BCUT2D eigenvalue weighted by molar-refractivity contribution is -0.145. The molecule has 4 heteroatoms. The molecule has 56 heavy (non-hydrogen) atoms. The van der Waals surface area contributed by atoms with Crippen LogP contribution < -0.4 is 0 Å². The summed E-state index contributed by atoms with van der Waals surface area (Å²) in [6, 6.07) is 0. The SMILES string of the molecule is CC(C)CCCCCCCCCCCCCCCCCCCOC(=O)CCCCCCC(=O)OCCCCCCCCCCCCCCCCCCCC(C)C. The second-order valence-corrected chi connectivity index (χ2v) is 18.7. The van der Waals surface area contributed by atoms with Crippen molar-refractivity contribution in [1.82, 2.24) is 0 Å². The minimum atomic E-state index is -0.0593. The van der Waals surface area contributed by atoms with Gasteiger partial charge in [-0.2, -0.15) is 0 Å². The van der Waals surface area contributed by atoms with Crippen molar-refractivity contribution >= 4 is 11.9 Å². The summed E-state index contributed by atoms with van der Waals surface area (Å²) in [7, 11) is 0. The van der Waals surface area contributed by atoms with Gasteiger partial charge in [0.2, 0.25) is 0 Å². The first-order valence-electron chi connectivity index (χ1n) is 25.7. The van der Waals surface area contributed by atoms with Gasteiger partial charge in [-0.05, 0) is 37.5 Å². The smallest absolute Gasteiger partial charge is 0.305 e. The molecule has 0 saturated heterocycles. The first kappa shape index (κ1) is 54.9. The molecule has 0 aromatic rings. The van der Waals surface area contributed by atoms with Crippen LogP contribution in [0, 0.1) is 11.8 Å². The zero-order valence-electron chi connectivity index (χ0n) is 38.9. The van der Waals surface area contributed by atoms with Crippen molar-refractivity contribution in [2.75, 3.05) is 13.2 Å². The molecule has 0 rings (SSSR count). The van der Waals surface area contributed by atoms with E-state index >= 15 is 0 Å². The molecule has 0 aromatic heterocycles. The first-order chi connectivity index (χ1) is 27.4. The Balaban J connectivity index is 3.24. The fourth-order valence-electron chi connectivity index (χ4n) is 8.02. The molecule has 0 fully saturated rings. The van der Waals surface area contributed by atoms with Gasteiger partial charge in [-0.15, -0.1) is 0 Å². The van der Waals surface area contributed by atoms with Crippen LogP contribution in [0.1, 0.15) is 297 Å². The van der Waals surface area contributed by atoms with Gasteiger partial charge in [0.25, 0.3) is 0 Å². The van der Waals surface area contributed by atoms with Crippen molar-refractivity contribution in [3.05, 3.63) is 0 Å². The number of esters is 2. The Morgan fingerprint density at radius 2 is 0.446 bits per heavy atom. The summed E-state index contributed by atoms with van der Waals surface area (Å²) in [5.74, 6) is 1.62. The van der Waals surface area contributed by atoms with Crippen LogP contribution in [0.15, 0.2) is 0 Å². The molecule has 0 aliphatic heterocycles. The van der Waals surface area contributed by atoms with Crippen LogP contribution in [-0.4, -0.2) is 25.2 Å². The van der Waals surface area contributed by atoms with Crippen molar-refractivity contribution < 1.29 is 19.1 Å². The van der Waals surface area contributed by atoms with E-state index in [9.17, 15) is 9.59 Å². The third kappa shape index (κ3) is 49.1. The Morgan fingerprint density at radius 3 is 0.661 bits per heavy atom. The van der Waals surface area contributed by atoms with Crippen molar-refractivity contribution in [2.24, 2.45) is 11.8 Å². The molecule has 0 amide bonds. The van der Waals surface area contributed by atoms with Crippen LogP contribution >= 0.6 is 0 Å². The second kappa shape index (κ2) is 46.6. The Hall–Kier alpha value is -1.06. The van der Waals surface area contributed by atoms with Crippen molar-refractivity contribution in [3.8, 4) is 0 Å². The summed E-state index contributed by atoms with van der Waals surface area (Å²) in [6.07, 6.45) is 53.9. The number of rotatable bonds is 47. The molecule has 0 aromatic carbocycles. The van der Waals surface area contributed by atoms with Crippen LogP contribution in [0.3, 0.4) is 0 Å². The van der Waals surface area contributed by atoms with Crippen LogP contribution in [0.4, 0.5) is 0 Å². The molecule has 4 nitrogen and oxygen atoms in total. The second-order valence-electron chi connectivity index (χ2n) is 18.7. The van der Waals surface area contributed by atoms with Crippen molar-refractivity contribution in [3.63, 3.8) is 0 Å². The lowest BCUT2D eigenvalue weighted by Crippen LogP contribution is -2.06. The highest BCUT2D eigenvalue weighted by atomic mass is 16.5. The normalized spacial score (nSPS) is 11.6. The lowest BCUT2D eigenvalue weighted by Gasteiger charge is -2.06. The molecule has 0 atom stereocenters. The fourth-order valence-corrected chi connectivity index (χ4v) is 8.02. The van der Waals surface area contributed by atoms with E-state index in [-0.39, 0.29) is 11.9 Å². The number of hydrogen-bond donors (Lipinski definition) is 0. The van der Waals surface area contributed by atoms with E-state index in [2.05, 4.69) is 27.7 Å². The van der Waals surface area contributed by atoms with Crippen LogP contribution in [0.2, 0.25) is 0 Å². The average molecular weight is 791 g/mol. The van der Waals surface area contributed by atoms with Gasteiger partial charge in [-0.25, -0.2) is 0 Å². The Kier molecular flexibility index (Phi) is 45.7. The van der Waals surface area contributed by atoms with Gasteiger partial charge in [-0.1, -0.05) is 259 Å². The maximum Gasteiger partial charge on any atom is 0.305 e. The molecule has 0 heterocycles. The average Bonchev–Trinajstić information content (AvgIpc) is 3.17. The molecule has 0 bridgehead atoms. The highest BCUT2D eigenvalue weighted by Crippen LogP contribution is 2.17. The largest absolute Gasteiger partial charge is 0.466 e. The van der Waals surface area contributed by atoms with Crippen LogP contribution in [0.25, 0.3) is 0 Å². The minimum absolute atomic E-state index is 0.0593. The summed E-state index contributed by atoms with van der Waals surface area (Å²) in [5.41, 5.74) is 0. The molecular weight excluding hydrogens is 689 g/mol.